The molecule has 0 spiro atoms. The van der Waals surface area contributed by atoms with Crippen molar-refractivity contribution in [1.82, 2.24) is 4.98 Å². The van der Waals surface area contributed by atoms with Crippen molar-refractivity contribution >= 4 is 23.5 Å². The van der Waals surface area contributed by atoms with Crippen LogP contribution in [0, 0.1) is 0 Å². The third kappa shape index (κ3) is 4.38. The molecule has 1 rings (SSSR count). The molecule has 0 radical (unpaired) electrons. The summed E-state index contributed by atoms with van der Waals surface area (Å²) in [6.45, 7) is 4.12. The van der Waals surface area contributed by atoms with Crippen LogP contribution in [0.1, 0.15) is 26.7 Å². The van der Waals surface area contributed by atoms with Gasteiger partial charge in [-0.3, -0.25) is 9.69 Å². The van der Waals surface area contributed by atoms with Crippen LogP contribution in [-0.2, 0) is 4.79 Å². The maximum absolute atomic E-state index is 12.1. The predicted molar refractivity (Wildman–Crippen MR) is 74.5 cm³/mol. The molecule has 1 atom stereocenters. The summed E-state index contributed by atoms with van der Waals surface area (Å²) in [5, 5.41) is -0.00597. The molecule has 0 bridgehead atoms. The van der Waals surface area contributed by atoms with Gasteiger partial charge in [-0.05, 0) is 31.2 Å². The van der Waals surface area contributed by atoms with Crippen molar-refractivity contribution in [1.29, 1.82) is 0 Å². The molecule has 1 heterocycles. The Morgan fingerprint density at radius 1 is 1.53 bits per heavy atom. The normalized spacial score (nSPS) is 12.2. The second-order valence-electron chi connectivity index (χ2n) is 3.95. The number of aromatic nitrogens is 1. The Hall–Kier alpha value is -1.03. The first kappa shape index (κ1) is 14.0. The van der Waals surface area contributed by atoms with E-state index in [1.54, 1.807) is 29.9 Å². The SMILES string of the molecule is CCCCS[C@@H](C)C(=O)N(C)c1ccccn1. The highest BCUT2D eigenvalue weighted by atomic mass is 32.2. The minimum Gasteiger partial charge on any atom is -0.299 e. The number of amides is 1. The average molecular weight is 252 g/mol. The van der Waals surface area contributed by atoms with Gasteiger partial charge < -0.3 is 0 Å². The number of carbonyl (C=O) groups excluding carboxylic acids is 1. The molecule has 94 valence electrons. The number of anilines is 1. The lowest BCUT2D eigenvalue weighted by Gasteiger charge is -2.20. The maximum atomic E-state index is 12.1. The fourth-order valence-electron chi connectivity index (χ4n) is 1.41. The summed E-state index contributed by atoms with van der Waals surface area (Å²) in [6.07, 6.45) is 4.04. The number of hydrogen-bond acceptors (Lipinski definition) is 3. The van der Waals surface area contributed by atoms with Gasteiger partial charge in [-0.15, -0.1) is 11.8 Å². The summed E-state index contributed by atoms with van der Waals surface area (Å²) in [4.78, 5) is 17.9. The molecule has 1 amide bonds. The molecule has 4 heteroatoms. The zero-order chi connectivity index (χ0) is 12.7. The fourth-order valence-corrected chi connectivity index (χ4v) is 2.52. The van der Waals surface area contributed by atoms with E-state index in [4.69, 9.17) is 0 Å². The molecule has 1 aromatic heterocycles. The molecule has 0 N–H and O–H groups in total. The maximum Gasteiger partial charge on any atom is 0.240 e. The fraction of sp³-hybridized carbons (Fsp3) is 0.538. The van der Waals surface area contributed by atoms with Crippen LogP contribution in [0.25, 0.3) is 0 Å². The third-order valence-electron chi connectivity index (χ3n) is 2.54. The monoisotopic (exact) mass is 252 g/mol. The number of unbranched alkanes of at least 4 members (excludes halogenated alkanes) is 1. The number of rotatable bonds is 6. The van der Waals surface area contributed by atoms with Gasteiger partial charge in [0.25, 0.3) is 0 Å². The van der Waals surface area contributed by atoms with Gasteiger partial charge in [0.1, 0.15) is 5.82 Å². The molecule has 0 aliphatic carbocycles. The third-order valence-corrected chi connectivity index (χ3v) is 3.76. The van der Waals surface area contributed by atoms with Crippen LogP contribution < -0.4 is 4.90 Å². The Bertz CT molecular complexity index is 343. The van der Waals surface area contributed by atoms with Crippen molar-refractivity contribution in [3.8, 4) is 0 Å². The molecule has 3 nitrogen and oxygen atoms in total. The Kier molecular flexibility index (Phi) is 6.05. The minimum absolute atomic E-state index is 0.00597. The number of pyridine rings is 1. The van der Waals surface area contributed by atoms with E-state index in [1.165, 1.54) is 6.42 Å². The summed E-state index contributed by atoms with van der Waals surface area (Å²) in [7, 11) is 1.78. The zero-order valence-electron chi connectivity index (χ0n) is 10.7. The number of thioether (sulfide) groups is 1. The molecule has 0 aliphatic rings. The Labute approximate surface area is 108 Å². The van der Waals surface area contributed by atoms with E-state index in [9.17, 15) is 4.79 Å². The first-order chi connectivity index (χ1) is 8.16. The average Bonchev–Trinajstić information content (AvgIpc) is 2.38. The lowest BCUT2D eigenvalue weighted by Crippen LogP contribution is -2.33. The molecule has 0 saturated heterocycles. The van der Waals surface area contributed by atoms with E-state index in [0.29, 0.717) is 5.82 Å². The first-order valence-corrected chi connectivity index (χ1v) is 7.02. The highest BCUT2D eigenvalue weighted by molar-refractivity contribution is 8.00. The van der Waals surface area contributed by atoms with E-state index < -0.39 is 0 Å². The first-order valence-electron chi connectivity index (χ1n) is 5.97. The molecule has 17 heavy (non-hydrogen) atoms. The standard InChI is InChI=1S/C13H20N2OS/c1-4-5-10-17-11(2)13(16)15(3)12-8-6-7-9-14-12/h6-9,11H,4-5,10H2,1-3H3/t11-/m0/s1. The van der Waals surface area contributed by atoms with Crippen LogP contribution in [0.5, 0.6) is 0 Å². The van der Waals surface area contributed by atoms with Crippen LogP contribution in [0.15, 0.2) is 24.4 Å². The van der Waals surface area contributed by atoms with Gasteiger partial charge in [0.15, 0.2) is 0 Å². The van der Waals surface area contributed by atoms with Crippen LogP contribution in [0.2, 0.25) is 0 Å². The van der Waals surface area contributed by atoms with Crippen molar-refractivity contribution in [3.63, 3.8) is 0 Å². The smallest absolute Gasteiger partial charge is 0.240 e. The van der Waals surface area contributed by atoms with E-state index in [2.05, 4.69) is 11.9 Å². The Morgan fingerprint density at radius 2 is 2.29 bits per heavy atom. The van der Waals surface area contributed by atoms with Crippen molar-refractivity contribution in [2.24, 2.45) is 0 Å². The summed E-state index contributed by atoms with van der Waals surface area (Å²) in [6, 6.07) is 5.59. The molecular weight excluding hydrogens is 232 g/mol. The highest BCUT2D eigenvalue weighted by Gasteiger charge is 2.19. The predicted octanol–water partition coefficient (Wildman–Crippen LogP) is 2.97. The summed E-state index contributed by atoms with van der Waals surface area (Å²) < 4.78 is 0. The molecule has 0 fully saturated rings. The van der Waals surface area contributed by atoms with Crippen molar-refractivity contribution in [2.45, 2.75) is 31.9 Å². The quantitative estimate of drug-likeness (QED) is 0.730. The number of carbonyl (C=O) groups is 1. The molecular formula is C13H20N2OS. The second kappa shape index (κ2) is 7.33. The minimum atomic E-state index is -0.00597. The Morgan fingerprint density at radius 3 is 2.88 bits per heavy atom. The van der Waals surface area contributed by atoms with Crippen LogP contribution >= 0.6 is 11.8 Å². The number of hydrogen-bond donors (Lipinski definition) is 0. The topological polar surface area (TPSA) is 33.2 Å². The highest BCUT2D eigenvalue weighted by Crippen LogP contribution is 2.17. The number of nitrogens with zero attached hydrogens (tertiary/aromatic N) is 2. The zero-order valence-corrected chi connectivity index (χ0v) is 11.5. The van der Waals surface area contributed by atoms with Gasteiger partial charge in [0.05, 0.1) is 5.25 Å². The summed E-state index contributed by atoms with van der Waals surface area (Å²) in [5.41, 5.74) is 0. The molecule has 0 unspecified atom stereocenters. The molecule has 1 aromatic rings. The van der Waals surface area contributed by atoms with E-state index in [-0.39, 0.29) is 11.2 Å². The van der Waals surface area contributed by atoms with Gasteiger partial charge >= 0.3 is 0 Å². The van der Waals surface area contributed by atoms with Gasteiger partial charge in [-0.1, -0.05) is 19.4 Å². The lowest BCUT2D eigenvalue weighted by molar-refractivity contribution is -0.117. The van der Waals surface area contributed by atoms with Gasteiger partial charge in [-0.2, -0.15) is 0 Å². The Balaban J connectivity index is 2.51. The van der Waals surface area contributed by atoms with Crippen molar-refractivity contribution in [3.05, 3.63) is 24.4 Å². The van der Waals surface area contributed by atoms with Crippen LogP contribution in [-0.4, -0.2) is 28.9 Å². The van der Waals surface area contributed by atoms with Gasteiger partial charge in [-0.25, -0.2) is 4.98 Å². The van der Waals surface area contributed by atoms with Crippen molar-refractivity contribution in [2.75, 3.05) is 17.7 Å². The summed E-state index contributed by atoms with van der Waals surface area (Å²) >= 11 is 1.71. The molecule has 0 aromatic carbocycles. The lowest BCUT2D eigenvalue weighted by atomic mass is 10.3. The summed E-state index contributed by atoms with van der Waals surface area (Å²) in [5.74, 6) is 1.87. The van der Waals surface area contributed by atoms with Crippen LogP contribution in [0.3, 0.4) is 0 Å². The van der Waals surface area contributed by atoms with E-state index in [0.717, 1.165) is 12.2 Å². The van der Waals surface area contributed by atoms with E-state index in [1.807, 2.05) is 25.1 Å². The second-order valence-corrected chi connectivity index (χ2v) is 5.40. The van der Waals surface area contributed by atoms with Crippen molar-refractivity contribution < 1.29 is 4.79 Å². The van der Waals surface area contributed by atoms with E-state index >= 15 is 0 Å². The van der Waals surface area contributed by atoms with Gasteiger partial charge in [0.2, 0.25) is 5.91 Å². The largest absolute Gasteiger partial charge is 0.299 e. The van der Waals surface area contributed by atoms with Gasteiger partial charge in [0, 0.05) is 13.2 Å². The van der Waals surface area contributed by atoms with Crippen LogP contribution in [0.4, 0.5) is 5.82 Å². The molecule has 0 saturated carbocycles. The molecule has 0 aliphatic heterocycles.